The summed E-state index contributed by atoms with van der Waals surface area (Å²) < 4.78 is 10.2. The van der Waals surface area contributed by atoms with Gasteiger partial charge in [0.05, 0.1) is 24.1 Å². The summed E-state index contributed by atoms with van der Waals surface area (Å²) in [6.07, 6.45) is 0. The molecule has 1 fully saturated rings. The van der Waals surface area contributed by atoms with Crippen molar-refractivity contribution in [3.8, 4) is 0 Å². The van der Waals surface area contributed by atoms with E-state index in [2.05, 4.69) is 17.6 Å². The van der Waals surface area contributed by atoms with E-state index in [9.17, 15) is 4.79 Å². The molecule has 16 heavy (non-hydrogen) atoms. The van der Waals surface area contributed by atoms with Gasteiger partial charge in [-0.1, -0.05) is 6.07 Å². The van der Waals surface area contributed by atoms with Crippen LogP contribution in [-0.2, 0) is 10.2 Å². The third-order valence-electron chi connectivity index (χ3n) is 3.09. The summed E-state index contributed by atoms with van der Waals surface area (Å²) in [5, 5.41) is 0. The summed E-state index contributed by atoms with van der Waals surface area (Å²) >= 11 is 4.37. The molecular formula is C11H11NO3S. The zero-order valence-electron chi connectivity index (χ0n) is 8.53. The molecule has 0 spiro atoms. The predicted octanol–water partition coefficient (Wildman–Crippen LogP) is 1.32. The van der Waals surface area contributed by atoms with Gasteiger partial charge in [0.25, 0.3) is 0 Å². The minimum absolute atomic E-state index is 0.00847. The van der Waals surface area contributed by atoms with Gasteiger partial charge in [0.15, 0.2) is 5.58 Å². The molecule has 0 aliphatic carbocycles. The molecule has 1 N–H and O–H groups in total. The maximum atomic E-state index is 11.0. The smallest absolute Gasteiger partial charge is 0.408 e. The molecule has 2 heterocycles. The first kappa shape index (κ1) is 9.99. The van der Waals surface area contributed by atoms with Crippen molar-refractivity contribution in [1.29, 1.82) is 0 Å². The Balaban J connectivity index is 2.14. The minimum atomic E-state index is -0.420. The van der Waals surface area contributed by atoms with Crippen LogP contribution in [0.15, 0.2) is 27.4 Å². The summed E-state index contributed by atoms with van der Waals surface area (Å²) in [6.45, 7) is 1.37. The number of ether oxygens (including phenoxy) is 1. The molecule has 0 saturated carbocycles. The second-order valence-corrected chi connectivity index (χ2v) is 4.47. The summed E-state index contributed by atoms with van der Waals surface area (Å²) in [4.78, 5) is 13.7. The first-order chi connectivity index (χ1) is 7.73. The summed E-state index contributed by atoms with van der Waals surface area (Å²) in [7, 11) is 0. The van der Waals surface area contributed by atoms with E-state index >= 15 is 0 Å². The van der Waals surface area contributed by atoms with E-state index in [4.69, 9.17) is 9.15 Å². The fourth-order valence-electron chi connectivity index (χ4n) is 1.98. The van der Waals surface area contributed by atoms with E-state index in [1.165, 1.54) is 0 Å². The lowest BCUT2D eigenvalue weighted by atomic mass is 9.80. The zero-order valence-corrected chi connectivity index (χ0v) is 9.42. The van der Waals surface area contributed by atoms with E-state index in [0.717, 1.165) is 16.8 Å². The molecule has 0 unspecified atom stereocenters. The van der Waals surface area contributed by atoms with Gasteiger partial charge in [-0.2, -0.15) is 12.6 Å². The quantitative estimate of drug-likeness (QED) is 0.774. The van der Waals surface area contributed by atoms with Crippen molar-refractivity contribution in [2.24, 2.45) is 0 Å². The first-order valence-electron chi connectivity index (χ1n) is 5.05. The lowest BCUT2D eigenvalue weighted by Crippen LogP contribution is -2.48. The van der Waals surface area contributed by atoms with Crippen LogP contribution in [-0.4, -0.2) is 24.0 Å². The average molecular weight is 237 g/mol. The molecule has 5 heteroatoms. The van der Waals surface area contributed by atoms with Crippen LogP contribution in [0.2, 0.25) is 0 Å². The third kappa shape index (κ3) is 1.32. The number of hydrogen-bond acceptors (Lipinski definition) is 4. The van der Waals surface area contributed by atoms with Gasteiger partial charge in [-0.25, -0.2) is 4.79 Å². The topological polar surface area (TPSA) is 55.2 Å². The second kappa shape index (κ2) is 3.40. The van der Waals surface area contributed by atoms with Crippen molar-refractivity contribution in [3.63, 3.8) is 0 Å². The number of benzene rings is 1. The first-order valence-corrected chi connectivity index (χ1v) is 5.69. The third-order valence-corrected chi connectivity index (χ3v) is 3.70. The molecule has 1 aliphatic heterocycles. The van der Waals surface area contributed by atoms with E-state index in [-0.39, 0.29) is 5.41 Å². The van der Waals surface area contributed by atoms with Gasteiger partial charge < -0.3 is 9.15 Å². The standard InChI is InChI=1S/C11H11NO3S/c13-10-12-8-3-7(1-2-9(8)15-10)11(6-16)4-14-5-11/h1-3,16H,4-6H2,(H,12,13). The van der Waals surface area contributed by atoms with E-state index in [0.29, 0.717) is 18.8 Å². The monoisotopic (exact) mass is 237 g/mol. The van der Waals surface area contributed by atoms with Crippen LogP contribution >= 0.6 is 12.6 Å². The van der Waals surface area contributed by atoms with Gasteiger partial charge in [-0.05, 0) is 17.7 Å². The number of fused-ring (bicyclic) bond motifs is 1. The Morgan fingerprint density at radius 2 is 2.25 bits per heavy atom. The fraction of sp³-hybridized carbons (Fsp3) is 0.364. The summed E-state index contributed by atoms with van der Waals surface area (Å²) in [6, 6.07) is 5.73. The number of nitrogens with one attached hydrogen (secondary N) is 1. The van der Waals surface area contributed by atoms with E-state index < -0.39 is 5.76 Å². The molecule has 0 radical (unpaired) electrons. The number of thiol groups is 1. The van der Waals surface area contributed by atoms with Crippen LogP contribution in [0.4, 0.5) is 0 Å². The number of H-pyrrole nitrogens is 1. The van der Waals surface area contributed by atoms with Crippen molar-refractivity contribution in [2.75, 3.05) is 19.0 Å². The van der Waals surface area contributed by atoms with Gasteiger partial charge in [0, 0.05) is 5.75 Å². The molecule has 84 valence electrons. The van der Waals surface area contributed by atoms with Gasteiger partial charge in [0.2, 0.25) is 0 Å². The number of aromatic nitrogens is 1. The highest BCUT2D eigenvalue weighted by Crippen LogP contribution is 2.34. The molecule has 0 atom stereocenters. The Labute approximate surface area is 97.0 Å². The van der Waals surface area contributed by atoms with Crippen LogP contribution in [0.1, 0.15) is 5.56 Å². The SMILES string of the molecule is O=c1[nH]c2cc(C3(CS)COC3)ccc2o1. The normalized spacial score (nSPS) is 18.6. The Kier molecular flexibility index (Phi) is 2.12. The Hall–Kier alpha value is -1.20. The second-order valence-electron chi connectivity index (χ2n) is 4.16. The van der Waals surface area contributed by atoms with Crippen molar-refractivity contribution in [2.45, 2.75) is 5.41 Å². The highest BCUT2D eigenvalue weighted by molar-refractivity contribution is 7.80. The molecule has 1 aromatic heterocycles. The maximum Gasteiger partial charge on any atom is 0.417 e. The van der Waals surface area contributed by atoms with Crippen LogP contribution < -0.4 is 5.76 Å². The minimum Gasteiger partial charge on any atom is -0.408 e. The number of hydrogen-bond donors (Lipinski definition) is 2. The summed E-state index contributed by atoms with van der Waals surface area (Å²) in [5.74, 6) is 0.317. The number of oxazole rings is 1. The van der Waals surface area contributed by atoms with Gasteiger partial charge in [-0.15, -0.1) is 0 Å². The molecule has 2 aromatic rings. The van der Waals surface area contributed by atoms with Gasteiger partial charge >= 0.3 is 5.76 Å². The molecule has 1 aromatic carbocycles. The molecular weight excluding hydrogens is 226 g/mol. The van der Waals surface area contributed by atoms with E-state index in [1.807, 2.05) is 18.2 Å². The van der Waals surface area contributed by atoms with Gasteiger partial charge in [-0.3, -0.25) is 4.98 Å². The van der Waals surface area contributed by atoms with Crippen LogP contribution in [0, 0.1) is 0 Å². The zero-order chi connectivity index (χ0) is 11.2. The number of aromatic amines is 1. The van der Waals surface area contributed by atoms with Crippen LogP contribution in [0.25, 0.3) is 11.1 Å². The fourth-order valence-corrected chi connectivity index (χ4v) is 2.34. The average Bonchev–Trinajstić information content (AvgIpc) is 2.56. The molecule has 0 bridgehead atoms. The van der Waals surface area contributed by atoms with Crippen molar-refractivity contribution in [1.82, 2.24) is 4.98 Å². The molecule has 4 nitrogen and oxygen atoms in total. The predicted molar refractivity (Wildman–Crippen MR) is 63.2 cm³/mol. The lowest BCUT2D eigenvalue weighted by molar-refractivity contribution is -0.0470. The Morgan fingerprint density at radius 1 is 1.44 bits per heavy atom. The van der Waals surface area contributed by atoms with E-state index in [1.54, 1.807) is 0 Å². The van der Waals surface area contributed by atoms with Crippen LogP contribution in [0.3, 0.4) is 0 Å². The Morgan fingerprint density at radius 3 is 2.88 bits per heavy atom. The summed E-state index contributed by atoms with van der Waals surface area (Å²) in [5.41, 5.74) is 2.45. The molecule has 0 amide bonds. The Bertz CT molecular complexity index is 577. The van der Waals surface area contributed by atoms with Crippen molar-refractivity contribution >= 4 is 23.7 Å². The van der Waals surface area contributed by atoms with Gasteiger partial charge in [0.1, 0.15) is 0 Å². The van der Waals surface area contributed by atoms with Crippen molar-refractivity contribution in [3.05, 3.63) is 34.3 Å². The highest BCUT2D eigenvalue weighted by atomic mass is 32.1. The number of rotatable bonds is 2. The van der Waals surface area contributed by atoms with Crippen LogP contribution in [0.5, 0.6) is 0 Å². The largest absolute Gasteiger partial charge is 0.417 e. The molecule has 1 aliphatic rings. The maximum absolute atomic E-state index is 11.0. The lowest BCUT2D eigenvalue weighted by Gasteiger charge is -2.40. The molecule has 1 saturated heterocycles. The highest BCUT2D eigenvalue weighted by Gasteiger charge is 2.39. The van der Waals surface area contributed by atoms with Crippen molar-refractivity contribution < 1.29 is 9.15 Å². The molecule has 3 rings (SSSR count).